The van der Waals surface area contributed by atoms with Crippen molar-refractivity contribution < 1.29 is 24.0 Å². The van der Waals surface area contributed by atoms with Gasteiger partial charge in [0.25, 0.3) is 0 Å². The number of unbranched alkanes of at least 4 members (excludes halogenated alkanes) is 1. The Morgan fingerprint density at radius 1 is 1.40 bits per heavy atom. The molecule has 1 heterocycles. The van der Waals surface area contributed by atoms with Gasteiger partial charge in [0, 0.05) is 12.0 Å². The van der Waals surface area contributed by atoms with Gasteiger partial charge in [0.05, 0.1) is 13.2 Å². The van der Waals surface area contributed by atoms with E-state index in [9.17, 15) is 4.79 Å². The third-order valence-electron chi connectivity index (χ3n) is 3.36. The molecule has 0 saturated carbocycles. The van der Waals surface area contributed by atoms with E-state index in [2.05, 4.69) is 20.4 Å². The minimum atomic E-state index is -0.536. The van der Waals surface area contributed by atoms with Crippen molar-refractivity contribution in [2.24, 2.45) is 5.92 Å². The largest absolute Gasteiger partial charge is 0.368 e. The van der Waals surface area contributed by atoms with Crippen LogP contribution in [0.3, 0.4) is 0 Å². The van der Waals surface area contributed by atoms with Gasteiger partial charge in [-0.1, -0.05) is 33.3 Å². The van der Waals surface area contributed by atoms with E-state index < -0.39 is 5.97 Å². The standard InChI is InChI=1S/C15H26O5/c1-5-6-7-12(4)13(10-14-17-8-9-18-14)19-20-15(16)11(2)3/h12-14H,2,5-10H2,1,3-4H3. The summed E-state index contributed by atoms with van der Waals surface area (Å²) in [6.45, 7) is 10.6. The molecule has 2 atom stereocenters. The number of carbonyl (C=O) groups is 1. The van der Waals surface area contributed by atoms with E-state index in [1.54, 1.807) is 6.92 Å². The van der Waals surface area contributed by atoms with Crippen LogP contribution in [0.4, 0.5) is 0 Å². The Bertz CT molecular complexity index is 309. The van der Waals surface area contributed by atoms with Gasteiger partial charge in [0.15, 0.2) is 6.29 Å². The maximum Gasteiger partial charge on any atom is 0.368 e. The molecule has 0 radical (unpaired) electrons. The zero-order valence-electron chi connectivity index (χ0n) is 12.7. The summed E-state index contributed by atoms with van der Waals surface area (Å²) >= 11 is 0. The Morgan fingerprint density at radius 2 is 2.05 bits per heavy atom. The lowest BCUT2D eigenvalue weighted by Crippen LogP contribution is -2.29. The summed E-state index contributed by atoms with van der Waals surface area (Å²) in [6, 6.07) is 0. The summed E-state index contributed by atoms with van der Waals surface area (Å²) in [4.78, 5) is 21.6. The first-order valence-electron chi connectivity index (χ1n) is 7.31. The van der Waals surface area contributed by atoms with E-state index in [1.807, 2.05) is 0 Å². The highest BCUT2D eigenvalue weighted by Crippen LogP contribution is 2.23. The van der Waals surface area contributed by atoms with E-state index in [0.29, 0.717) is 25.2 Å². The number of hydrogen-bond donors (Lipinski definition) is 0. The molecule has 0 amide bonds. The van der Waals surface area contributed by atoms with Gasteiger partial charge in [-0.25, -0.2) is 4.79 Å². The molecule has 0 aromatic rings. The van der Waals surface area contributed by atoms with Crippen molar-refractivity contribution in [2.75, 3.05) is 13.2 Å². The monoisotopic (exact) mass is 286 g/mol. The first-order valence-corrected chi connectivity index (χ1v) is 7.31. The van der Waals surface area contributed by atoms with Gasteiger partial charge >= 0.3 is 5.97 Å². The van der Waals surface area contributed by atoms with E-state index in [1.165, 1.54) is 0 Å². The van der Waals surface area contributed by atoms with Gasteiger partial charge in [0.1, 0.15) is 6.10 Å². The molecular formula is C15H26O5. The van der Waals surface area contributed by atoms with Crippen LogP contribution in [0.5, 0.6) is 0 Å². The van der Waals surface area contributed by atoms with Crippen LogP contribution < -0.4 is 0 Å². The van der Waals surface area contributed by atoms with Gasteiger partial charge in [-0.2, -0.15) is 4.89 Å². The maximum absolute atomic E-state index is 11.4. The van der Waals surface area contributed by atoms with E-state index >= 15 is 0 Å². The number of carbonyl (C=O) groups excluding carboxylic acids is 1. The molecular weight excluding hydrogens is 260 g/mol. The second kappa shape index (κ2) is 9.10. The molecule has 5 nitrogen and oxygen atoms in total. The lowest BCUT2D eigenvalue weighted by atomic mass is 9.96. The van der Waals surface area contributed by atoms with Gasteiger partial charge in [-0.15, -0.1) is 0 Å². The van der Waals surface area contributed by atoms with Crippen LogP contribution >= 0.6 is 0 Å². The van der Waals surface area contributed by atoms with Crippen molar-refractivity contribution in [3.05, 3.63) is 12.2 Å². The third-order valence-corrected chi connectivity index (χ3v) is 3.36. The summed E-state index contributed by atoms with van der Waals surface area (Å²) in [5.74, 6) is -0.272. The molecule has 1 fully saturated rings. The van der Waals surface area contributed by atoms with Crippen molar-refractivity contribution in [1.82, 2.24) is 0 Å². The zero-order chi connectivity index (χ0) is 15.0. The average Bonchev–Trinajstić information content (AvgIpc) is 2.93. The smallest absolute Gasteiger partial charge is 0.350 e. The Hall–Kier alpha value is -0.910. The van der Waals surface area contributed by atoms with Gasteiger partial charge in [-0.05, 0) is 19.3 Å². The Morgan fingerprint density at radius 3 is 2.60 bits per heavy atom. The summed E-state index contributed by atoms with van der Waals surface area (Å²) in [6.07, 6.45) is 3.31. The molecule has 0 bridgehead atoms. The minimum Gasteiger partial charge on any atom is -0.350 e. The molecule has 1 rings (SSSR count). The molecule has 1 aliphatic heterocycles. The molecule has 116 valence electrons. The van der Waals surface area contributed by atoms with Crippen LogP contribution in [0.1, 0.15) is 46.5 Å². The van der Waals surface area contributed by atoms with E-state index in [0.717, 1.165) is 19.3 Å². The lowest BCUT2D eigenvalue weighted by molar-refractivity contribution is -0.310. The van der Waals surface area contributed by atoms with Crippen LogP contribution in [0, 0.1) is 5.92 Å². The minimum absolute atomic E-state index is 0.229. The van der Waals surface area contributed by atoms with Crippen molar-refractivity contribution in [2.45, 2.75) is 58.8 Å². The van der Waals surface area contributed by atoms with E-state index in [4.69, 9.17) is 19.2 Å². The summed E-state index contributed by atoms with van der Waals surface area (Å²) in [7, 11) is 0. The average molecular weight is 286 g/mol. The molecule has 0 spiro atoms. The molecule has 1 aliphatic rings. The Labute approximate surface area is 121 Å². The van der Waals surface area contributed by atoms with Gasteiger partial charge in [0.2, 0.25) is 0 Å². The molecule has 2 unspecified atom stereocenters. The Balaban J connectivity index is 2.48. The number of hydrogen-bond acceptors (Lipinski definition) is 5. The molecule has 1 saturated heterocycles. The molecule has 5 heteroatoms. The summed E-state index contributed by atoms with van der Waals surface area (Å²) in [5.41, 5.74) is 0.318. The van der Waals surface area contributed by atoms with Crippen LogP contribution in [-0.2, 0) is 24.0 Å². The predicted octanol–water partition coefficient (Wildman–Crippen LogP) is 3.00. The topological polar surface area (TPSA) is 54.0 Å². The van der Waals surface area contributed by atoms with Crippen LogP contribution in [0.2, 0.25) is 0 Å². The van der Waals surface area contributed by atoms with E-state index in [-0.39, 0.29) is 18.3 Å². The highest BCUT2D eigenvalue weighted by atomic mass is 17.2. The number of ether oxygens (including phenoxy) is 2. The SMILES string of the molecule is C=C(C)C(=O)OOC(CC1OCCO1)C(C)CCCC. The number of rotatable bonds is 9. The first kappa shape index (κ1) is 17.1. The molecule has 0 N–H and O–H groups in total. The highest BCUT2D eigenvalue weighted by Gasteiger charge is 2.28. The van der Waals surface area contributed by atoms with Crippen LogP contribution in [0.25, 0.3) is 0 Å². The lowest BCUT2D eigenvalue weighted by Gasteiger charge is -2.24. The van der Waals surface area contributed by atoms with Crippen molar-refractivity contribution >= 4 is 5.97 Å². The zero-order valence-corrected chi connectivity index (χ0v) is 12.7. The molecule has 0 aliphatic carbocycles. The van der Waals surface area contributed by atoms with Crippen LogP contribution in [0.15, 0.2) is 12.2 Å². The van der Waals surface area contributed by atoms with Gasteiger partial charge in [-0.3, -0.25) is 4.89 Å². The molecule has 0 aromatic heterocycles. The Kier molecular flexibility index (Phi) is 7.80. The van der Waals surface area contributed by atoms with Crippen molar-refractivity contribution in [1.29, 1.82) is 0 Å². The molecule has 0 aromatic carbocycles. The quantitative estimate of drug-likeness (QED) is 0.370. The normalized spacial score (nSPS) is 18.8. The fraction of sp³-hybridized carbons (Fsp3) is 0.800. The summed E-state index contributed by atoms with van der Waals surface area (Å²) in [5, 5.41) is 0. The highest BCUT2D eigenvalue weighted by molar-refractivity contribution is 5.86. The fourth-order valence-electron chi connectivity index (χ4n) is 1.99. The van der Waals surface area contributed by atoms with Crippen molar-refractivity contribution in [3.63, 3.8) is 0 Å². The van der Waals surface area contributed by atoms with Crippen LogP contribution in [-0.4, -0.2) is 31.6 Å². The van der Waals surface area contributed by atoms with Crippen molar-refractivity contribution in [3.8, 4) is 0 Å². The fourth-order valence-corrected chi connectivity index (χ4v) is 1.99. The van der Waals surface area contributed by atoms with Gasteiger partial charge < -0.3 is 9.47 Å². The summed E-state index contributed by atoms with van der Waals surface area (Å²) < 4.78 is 10.9. The second-order valence-electron chi connectivity index (χ2n) is 5.31. The maximum atomic E-state index is 11.4. The first-order chi connectivity index (χ1) is 9.54. The predicted molar refractivity (Wildman–Crippen MR) is 74.8 cm³/mol. The molecule has 20 heavy (non-hydrogen) atoms. The second-order valence-corrected chi connectivity index (χ2v) is 5.31. The third kappa shape index (κ3) is 6.03.